The average molecular weight is 284 g/mol. The van der Waals surface area contributed by atoms with Gasteiger partial charge in [-0.05, 0) is 36.5 Å². The normalized spacial score (nSPS) is 15.8. The molecule has 7 heteroatoms. The van der Waals surface area contributed by atoms with Crippen molar-refractivity contribution in [2.45, 2.75) is 23.7 Å². The van der Waals surface area contributed by atoms with Crippen LogP contribution in [-0.4, -0.2) is 23.2 Å². The van der Waals surface area contributed by atoms with Gasteiger partial charge in [0.05, 0.1) is 6.20 Å². The van der Waals surface area contributed by atoms with Crippen molar-refractivity contribution in [3.63, 3.8) is 0 Å². The summed E-state index contributed by atoms with van der Waals surface area (Å²) in [5.41, 5.74) is 1.20. The van der Waals surface area contributed by atoms with E-state index in [2.05, 4.69) is 10.1 Å². The van der Waals surface area contributed by atoms with Gasteiger partial charge in [0, 0.05) is 23.1 Å². The summed E-state index contributed by atoms with van der Waals surface area (Å²) in [5.74, 6) is 1.20. The molecule has 2 aromatic heterocycles. The molecule has 94 valence electrons. The van der Waals surface area contributed by atoms with Crippen molar-refractivity contribution in [2.24, 2.45) is 0 Å². The molecule has 0 aliphatic heterocycles. The SMILES string of the molecule is O=S(=O)(Cl)c1ccc(-n2cc(C3CC3)cn2)nc1. The second kappa shape index (κ2) is 4.07. The van der Waals surface area contributed by atoms with E-state index in [1.807, 2.05) is 12.4 Å². The summed E-state index contributed by atoms with van der Waals surface area (Å²) in [6.45, 7) is 0. The molecule has 1 saturated carbocycles. The average Bonchev–Trinajstić information content (AvgIpc) is 3.06. The summed E-state index contributed by atoms with van der Waals surface area (Å²) in [7, 11) is 1.50. The Morgan fingerprint density at radius 3 is 2.61 bits per heavy atom. The van der Waals surface area contributed by atoms with Crippen LogP contribution in [0.3, 0.4) is 0 Å². The standard InChI is InChI=1S/C11H10ClN3O2S/c12-18(16,17)10-3-4-11(13-6-10)15-7-9(5-14-15)8-1-2-8/h3-8H,1-2H2. The Labute approximate surface area is 109 Å². The molecular formula is C11H10ClN3O2S. The van der Waals surface area contributed by atoms with E-state index in [9.17, 15) is 8.42 Å². The van der Waals surface area contributed by atoms with Crippen molar-refractivity contribution < 1.29 is 8.42 Å². The molecular weight excluding hydrogens is 274 g/mol. The quantitative estimate of drug-likeness (QED) is 0.809. The zero-order chi connectivity index (χ0) is 12.8. The van der Waals surface area contributed by atoms with Crippen LogP contribution in [0.4, 0.5) is 0 Å². The Morgan fingerprint density at radius 1 is 1.28 bits per heavy atom. The number of nitrogens with zero attached hydrogens (tertiary/aromatic N) is 3. The molecule has 0 bridgehead atoms. The first kappa shape index (κ1) is 11.7. The van der Waals surface area contributed by atoms with Crippen LogP contribution in [0.15, 0.2) is 35.6 Å². The number of aromatic nitrogens is 3. The summed E-state index contributed by atoms with van der Waals surface area (Å²) < 4.78 is 23.8. The molecule has 0 N–H and O–H groups in total. The number of rotatable bonds is 3. The first-order valence-corrected chi connectivity index (χ1v) is 7.80. The third-order valence-electron chi connectivity index (χ3n) is 2.89. The van der Waals surface area contributed by atoms with E-state index in [4.69, 9.17) is 10.7 Å². The van der Waals surface area contributed by atoms with E-state index in [0.29, 0.717) is 11.7 Å². The highest BCUT2D eigenvalue weighted by Gasteiger charge is 2.25. The fourth-order valence-electron chi connectivity index (χ4n) is 1.74. The predicted molar refractivity (Wildman–Crippen MR) is 66.4 cm³/mol. The van der Waals surface area contributed by atoms with Gasteiger partial charge in [0.1, 0.15) is 4.90 Å². The summed E-state index contributed by atoms with van der Waals surface area (Å²) in [5, 5.41) is 4.21. The Balaban J connectivity index is 1.91. The van der Waals surface area contributed by atoms with Crippen molar-refractivity contribution >= 4 is 19.7 Å². The molecule has 18 heavy (non-hydrogen) atoms. The van der Waals surface area contributed by atoms with Gasteiger partial charge in [-0.2, -0.15) is 5.10 Å². The van der Waals surface area contributed by atoms with Gasteiger partial charge in [0.15, 0.2) is 5.82 Å². The molecule has 3 rings (SSSR count). The van der Waals surface area contributed by atoms with Gasteiger partial charge in [-0.15, -0.1) is 0 Å². The fourth-order valence-corrected chi connectivity index (χ4v) is 2.42. The van der Waals surface area contributed by atoms with E-state index < -0.39 is 9.05 Å². The number of hydrogen-bond acceptors (Lipinski definition) is 4. The summed E-state index contributed by atoms with van der Waals surface area (Å²) >= 11 is 0. The van der Waals surface area contributed by atoms with Crippen LogP contribution in [0, 0.1) is 0 Å². The molecule has 0 spiro atoms. The summed E-state index contributed by atoms with van der Waals surface area (Å²) in [4.78, 5) is 4.03. The van der Waals surface area contributed by atoms with Crippen LogP contribution in [0.2, 0.25) is 0 Å². The minimum absolute atomic E-state index is 0.0116. The lowest BCUT2D eigenvalue weighted by Crippen LogP contribution is -1.99. The lowest BCUT2D eigenvalue weighted by molar-refractivity contribution is 0.609. The minimum Gasteiger partial charge on any atom is -0.236 e. The number of halogens is 1. The monoisotopic (exact) mass is 283 g/mol. The fraction of sp³-hybridized carbons (Fsp3) is 0.273. The summed E-state index contributed by atoms with van der Waals surface area (Å²) in [6, 6.07) is 3.00. The highest BCUT2D eigenvalue weighted by molar-refractivity contribution is 8.13. The molecule has 0 saturated heterocycles. The van der Waals surface area contributed by atoms with E-state index in [1.54, 1.807) is 10.7 Å². The van der Waals surface area contributed by atoms with Crippen molar-refractivity contribution in [1.29, 1.82) is 0 Å². The molecule has 1 aliphatic rings. The van der Waals surface area contributed by atoms with Crippen LogP contribution in [0.25, 0.3) is 5.82 Å². The zero-order valence-electron chi connectivity index (χ0n) is 9.32. The molecule has 0 unspecified atom stereocenters. The zero-order valence-corrected chi connectivity index (χ0v) is 10.9. The Hall–Kier alpha value is -1.40. The minimum atomic E-state index is -3.72. The van der Waals surface area contributed by atoms with E-state index in [-0.39, 0.29) is 4.90 Å². The van der Waals surface area contributed by atoms with Gasteiger partial charge in [0.25, 0.3) is 9.05 Å². The van der Waals surface area contributed by atoms with Crippen molar-refractivity contribution in [3.05, 3.63) is 36.3 Å². The van der Waals surface area contributed by atoms with Gasteiger partial charge in [-0.25, -0.2) is 18.1 Å². The van der Waals surface area contributed by atoms with Gasteiger partial charge in [0.2, 0.25) is 0 Å². The first-order valence-electron chi connectivity index (χ1n) is 5.50. The molecule has 1 fully saturated rings. The van der Waals surface area contributed by atoms with Crippen LogP contribution in [0.1, 0.15) is 24.3 Å². The lowest BCUT2D eigenvalue weighted by atomic mass is 10.2. The topological polar surface area (TPSA) is 64.8 Å². The third-order valence-corrected chi connectivity index (χ3v) is 4.23. The summed E-state index contributed by atoms with van der Waals surface area (Å²) in [6.07, 6.45) is 7.40. The van der Waals surface area contributed by atoms with E-state index >= 15 is 0 Å². The highest BCUT2D eigenvalue weighted by atomic mass is 35.7. The van der Waals surface area contributed by atoms with Crippen molar-refractivity contribution in [2.75, 3.05) is 0 Å². The van der Waals surface area contributed by atoms with Gasteiger partial charge >= 0.3 is 0 Å². The highest BCUT2D eigenvalue weighted by Crippen LogP contribution is 2.39. The second-order valence-electron chi connectivity index (χ2n) is 4.28. The number of pyridine rings is 1. The van der Waals surface area contributed by atoms with Crippen LogP contribution >= 0.6 is 10.7 Å². The molecule has 0 aromatic carbocycles. The van der Waals surface area contributed by atoms with Gasteiger partial charge in [-0.1, -0.05) is 0 Å². The predicted octanol–water partition coefficient (Wildman–Crippen LogP) is 2.07. The van der Waals surface area contributed by atoms with Crippen molar-refractivity contribution in [3.8, 4) is 5.82 Å². The Kier molecular flexibility index (Phi) is 2.64. The van der Waals surface area contributed by atoms with Crippen LogP contribution in [-0.2, 0) is 9.05 Å². The second-order valence-corrected chi connectivity index (χ2v) is 6.85. The van der Waals surface area contributed by atoms with Crippen molar-refractivity contribution in [1.82, 2.24) is 14.8 Å². The molecule has 1 aliphatic carbocycles. The maximum atomic E-state index is 11.1. The number of hydrogen-bond donors (Lipinski definition) is 0. The Morgan fingerprint density at radius 2 is 2.06 bits per heavy atom. The van der Waals surface area contributed by atoms with E-state index in [1.165, 1.54) is 30.7 Å². The first-order chi connectivity index (χ1) is 8.54. The molecule has 0 radical (unpaired) electrons. The van der Waals surface area contributed by atoms with Gasteiger partial charge < -0.3 is 0 Å². The van der Waals surface area contributed by atoms with E-state index in [0.717, 1.165) is 0 Å². The largest absolute Gasteiger partial charge is 0.262 e. The molecule has 0 amide bonds. The molecule has 2 heterocycles. The smallest absolute Gasteiger partial charge is 0.236 e. The van der Waals surface area contributed by atoms with Crippen LogP contribution < -0.4 is 0 Å². The lowest BCUT2D eigenvalue weighted by Gasteiger charge is -2.00. The molecule has 0 atom stereocenters. The maximum Gasteiger partial charge on any atom is 0.262 e. The molecule has 2 aromatic rings. The maximum absolute atomic E-state index is 11.1. The van der Waals surface area contributed by atoms with Gasteiger partial charge in [-0.3, -0.25) is 0 Å². The third kappa shape index (κ3) is 2.26. The van der Waals surface area contributed by atoms with Crippen LogP contribution in [0.5, 0.6) is 0 Å². The molecule has 5 nitrogen and oxygen atoms in total. The Bertz CT molecular complexity index is 675.